The van der Waals surface area contributed by atoms with Crippen LogP contribution in [0.3, 0.4) is 0 Å². The predicted octanol–water partition coefficient (Wildman–Crippen LogP) is 4.54. The minimum absolute atomic E-state index is 0.135. The molecular weight excluding hydrogens is 224 g/mol. The third-order valence-electron chi connectivity index (χ3n) is 1.85. The molecule has 1 rings (SSSR count). The Morgan fingerprint density at radius 3 is 2.73 bits per heavy atom. The van der Waals surface area contributed by atoms with Gasteiger partial charge in [0.15, 0.2) is 0 Å². The van der Waals surface area contributed by atoms with Crippen LogP contribution in [0.4, 0.5) is 0 Å². The minimum atomic E-state index is -0.135. The lowest BCUT2D eigenvalue weighted by Crippen LogP contribution is -1.85. The molecule has 0 bridgehead atoms. The molecule has 0 aliphatic heterocycles. The summed E-state index contributed by atoms with van der Waals surface area (Å²) in [4.78, 5) is 1.17. The monoisotopic (exact) mass is 238 g/mol. The van der Waals surface area contributed by atoms with Crippen LogP contribution in [0.25, 0.3) is 0 Å². The SMILES string of the molecule is CCCCC#CC(Cl)Sc1ccccc1. The van der Waals surface area contributed by atoms with Crippen LogP contribution in [0.5, 0.6) is 0 Å². The smallest absolute Gasteiger partial charge is 0.101 e. The van der Waals surface area contributed by atoms with E-state index < -0.39 is 0 Å². The first-order chi connectivity index (χ1) is 7.33. The first-order valence-electron chi connectivity index (χ1n) is 5.17. The number of halogens is 1. The zero-order chi connectivity index (χ0) is 10.9. The van der Waals surface area contributed by atoms with E-state index in [1.165, 1.54) is 11.3 Å². The van der Waals surface area contributed by atoms with Crippen molar-refractivity contribution in [2.24, 2.45) is 0 Å². The van der Waals surface area contributed by atoms with E-state index in [-0.39, 0.29) is 4.71 Å². The van der Waals surface area contributed by atoms with Crippen molar-refractivity contribution in [2.75, 3.05) is 0 Å². The molecule has 0 fully saturated rings. The van der Waals surface area contributed by atoms with E-state index in [2.05, 4.69) is 18.8 Å². The van der Waals surface area contributed by atoms with Gasteiger partial charge < -0.3 is 0 Å². The van der Waals surface area contributed by atoms with Crippen LogP contribution in [0.2, 0.25) is 0 Å². The zero-order valence-corrected chi connectivity index (χ0v) is 10.4. The molecule has 0 radical (unpaired) electrons. The molecule has 80 valence electrons. The van der Waals surface area contributed by atoms with Gasteiger partial charge in [0.1, 0.15) is 4.71 Å². The third-order valence-corrected chi connectivity index (χ3v) is 3.10. The van der Waals surface area contributed by atoms with E-state index in [0.29, 0.717) is 0 Å². The van der Waals surface area contributed by atoms with Crippen molar-refractivity contribution in [3.05, 3.63) is 30.3 Å². The van der Waals surface area contributed by atoms with Gasteiger partial charge in [0.05, 0.1) is 0 Å². The van der Waals surface area contributed by atoms with Gasteiger partial charge in [0, 0.05) is 11.3 Å². The summed E-state index contributed by atoms with van der Waals surface area (Å²) >= 11 is 7.68. The largest absolute Gasteiger partial charge is 0.144 e. The van der Waals surface area contributed by atoms with Crippen molar-refractivity contribution < 1.29 is 0 Å². The van der Waals surface area contributed by atoms with Crippen LogP contribution < -0.4 is 0 Å². The molecule has 0 aliphatic rings. The molecule has 0 N–H and O–H groups in total. The number of hydrogen-bond donors (Lipinski definition) is 0. The number of alkyl halides is 1. The lowest BCUT2D eigenvalue weighted by Gasteiger charge is -2.00. The molecule has 0 heterocycles. The van der Waals surface area contributed by atoms with Crippen LogP contribution in [-0.4, -0.2) is 4.71 Å². The topological polar surface area (TPSA) is 0 Å². The van der Waals surface area contributed by atoms with Gasteiger partial charge in [-0.2, -0.15) is 0 Å². The average molecular weight is 239 g/mol. The standard InChI is InChI=1S/C13H15ClS/c1-2-3-4-8-11-13(14)15-12-9-6-5-7-10-12/h5-7,9-10,13H,2-4H2,1H3. The maximum absolute atomic E-state index is 6.08. The number of benzene rings is 1. The van der Waals surface area contributed by atoms with Crippen molar-refractivity contribution in [1.29, 1.82) is 0 Å². The highest BCUT2D eigenvalue weighted by Gasteiger charge is 2.00. The Hall–Kier alpha value is -0.580. The Labute approximate surface area is 101 Å². The Kier molecular flexibility index (Phi) is 6.39. The van der Waals surface area contributed by atoms with Gasteiger partial charge in [-0.1, -0.05) is 60.8 Å². The second kappa shape index (κ2) is 7.68. The van der Waals surface area contributed by atoms with E-state index >= 15 is 0 Å². The molecule has 0 spiro atoms. The van der Waals surface area contributed by atoms with Gasteiger partial charge in [0.25, 0.3) is 0 Å². The first kappa shape index (κ1) is 12.5. The lowest BCUT2D eigenvalue weighted by molar-refractivity contribution is 0.828. The normalized spacial score (nSPS) is 11.6. The van der Waals surface area contributed by atoms with E-state index in [1.54, 1.807) is 11.8 Å². The summed E-state index contributed by atoms with van der Waals surface area (Å²) in [7, 11) is 0. The van der Waals surface area contributed by atoms with Gasteiger partial charge in [-0.25, -0.2) is 0 Å². The Morgan fingerprint density at radius 2 is 2.07 bits per heavy atom. The van der Waals surface area contributed by atoms with Crippen molar-refractivity contribution in [2.45, 2.75) is 35.8 Å². The van der Waals surface area contributed by atoms with Crippen molar-refractivity contribution in [3.8, 4) is 11.8 Å². The number of rotatable bonds is 4. The highest BCUT2D eigenvalue weighted by atomic mass is 35.5. The lowest BCUT2D eigenvalue weighted by atomic mass is 10.3. The summed E-state index contributed by atoms with van der Waals surface area (Å²) in [6.07, 6.45) is 3.30. The second-order valence-corrected chi connectivity index (χ2v) is 5.05. The minimum Gasteiger partial charge on any atom is -0.101 e. The molecular formula is C13H15ClS. The zero-order valence-electron chi connectivity index (χ0n) is 8.87. The number of unbranched alkanes of at least 4 members (excludes halogenated alkanes) is 2. The Balaban J connectivity index is 2.35. The summed E-state index contributed by atoms with van der Waals surface area (Å²) in [5.74, 6) is 6.15. The molecule has 1 aromatic carbocycles. The molecule has 1 atom stereocenters. The first-order valence-corrected chi connectivity index (χ1v) is 6.48. The van der Waals surface area contributed by atoms with E-state index in [1.807, 2.05) is 30.3 Å². The summed E-state index contributed by atoms with van der Waals surface area (Å²) in [5.41, 5.74) is 0. The molecule has 0 aromatic heterocycles. The van der Waals surface area contributed by atoms with Crippen molar-refractivity contribution in [3.63, 3.8) is 0 Å². The van der Waals surface area contributed by atoms with E-state index in [4.69, 9.17) is 11.6 Å². The fourth-order valence-corrected chi connectivity index (χ4v) is 2.15. The Morgan fingerprint density at radius 1 is 1.33 bits per heavy atom. The van der Waals surface area contributed by atoms with Gasteiger partial charge >= 0.3 is 0 Å². The van der Waals surface area contributed by atoms with Gasteiger partial charge in [-0.3, -0.25) is 0 Å². The van der Waals surface area contributed by atoms with Gasteiger partial charge in [0.2, 0.25) is 0 Å². The van der Waals surface area contributed by atoms with Crippen molar-refractivity contribution in [1.82, 2.24) is 0 Å². The molecule has 0 aliphatic carbocycles. The molecule has 0 nitrogen and oxygen atoms in total. The fourth-order valence-electron chi connectivity index (χ4n) is 1.07. The quantitative estimate of drug-likeness (QED) is 0.321. The van der Waals surface area contributed by atoms with E-state index in [0.717, 1.165) is 12.8 Å². The fraction of sp³-hybridized carbons (Fsp3) is 0.385. The molecule has 15 heavy (non-hydrogen) atoms. The van der Waals surface area contributed by atoms with Gasteiger partial charge in [-0.15, -0.1) is 5.92 Å². The number of hydrogen-bond acceptors (Lipinski definition) is 1. The third kappa shape index (κ3) is 5.77. The highest BCUT2D eigenvalue weighted by molar-refractivity contribution is 8.01. The number of thioether (sulfide) groups is 1. The van der Waals surface area contributed by atoms with Gasteiger partial charge in [-0.05, 0) is 18.6 Å². The predicted molar refractivity (Wildman–Crippen MR) is 69.2 cm³/mol. The molecule has 0 saturated carbocycles. The summed E-state index contributed by atoms with van der Waals surface area (Å²) in [5, 5.41) is 0. The maximum Gasteiger partial charge on any atom is 0.144 e. The second-order valence-electron chi connectivity index (χ2n) is 3.17. The van der Waals surface area contributed by atoms with Crippen LogP contribution in [0, 0.1) is 11.8 Å². The molecule has 1 unspecified atom stereocenters. The molecule has 2 heteroatoms. The highest BCUT2D eigenvalue weighted by Crippen LogP contribution is 2.24. The summed E-state index contributed by atoms with van der Waals surface area (Å²) in [6, 6.07) is 10.1. The summed E-state index contributed by atoms with van der Waals surface area (Å²) < 4.78 is -0.135. The van der Waals surface area contributed by atoms with Crippen molar-refractivity contribution >= 4 is 23.4 Å². The Bertz CT molecular complexity index is 323. The van der Waals surface area contributed by atoms with Crippen LogP contribution in [-0.2, 0) is 0 Å². The van der Waals surface area contributed by atoms with Crippen LogP contribution in [0.15, 0.2) is 35.2 Å². The van der Waals surface area contributed by atoms with E-state index in [9.17, 15) is 0 Å². The van der Waals surface area contributed by atoms with Crippen LogP contribution >= 0.6 is 23.4 Å². The van der Waals surface area contributed by atoms with Crippen LogP contribution in [0.1, 0.15) is 26.2 Å². The molecule has 1 aromatic rings. The molecule has 0 saturated heterocycles. The average Bonchev–Trinajstić information content (AvgIpc) is 2.26. The maximum atomic E-state index is 6.08. The molecule has 0 amide bonds. The summed E-state index contributed by atoms with van der Waals surface area (Å²) in [6.45, 7) is 2.17.